The van der Waals surface area contributed by atoms with Crippen molar-refractivity contribution in [2.75, 3.05) is 18.8 Å². The van der Waals surface area contributed by atoms with Gasteiger partial charge in [-0.1, -0.05) is 53.7 Å². The van der Waals surface area contributed by atoms with Gasteiger partial charge in [-0.2, -0.15) is 0 Å². The summed E-state index contributed by atoms with van der Waals surface area (Å²) >= 11 is 1.70. The van der Waals surface area contributed by atoms with E-state index < -0.39 is 5.97 Å². The lowest BCUT2D eigenvalue weighted by molar-refractivity contribution is -0.137. The standard InChI is InChI=1S/C24H37NO4S/c1-23(2,3)17-13-16(14-18(21(17)28)24(4,5)6)15-19-22(29)25(11-12-30-19)10-8-7-9-20(26)27/h13-14,19,28H,7-12,15H2,1-6H3,(H,26,27). The molecule has 1 aliphatic rings. The summed E-state index contributed by atoms with van der Waals surface area (Å²) in [7, 11) is 0. The largest absolute Gasteiger partial charge is 0.507 e. The maximum atomic E-state index is 13.0. The van der Waals surface area contributed by atoms with E-state index in [-0.39, 0.29) is 28.4 Å². The maximum Gasteiger partial charge on any atom is 0.303 e. The van der Waals surface area contributed by atoms with Crippen molar-refractivity contribution in [2.24, 2.45) is 0 Å². The van der Waals surface area contributed by atoms with E-state index in [4.69, 9.17) is 5.11 Å². The lowest BCUT2D eigenvalue weighted by Gasteiger charge is -2.33. The Balaban J connectivity index is 2.20. The molecule has 0 spiro atoms. The number of carboxylic acids is 1. The second kappa shape index (κ2) is 9.63. The molecule has 2 N–H and O–H groups in total. The Morgan fingerprint density at radius 1 is 1.10 bits per heavy atom. The fourth-order valence-corrected chi connectivity index (χ4v) is 5.02. The molecule has 5 nitrogen and oxygen atoms in total. The average molecular weight is 436 g/mol. The summed E-state index contributed by atoms with van der Waals surface area (Å²) in [6.45, 7) is 13.9. The number of carboxylic acid groups (broad SMARTS) is 1. The Hall–Kier alpha value is -1.69. The van der Waals surface area contributed by atoms with Crippen LogP contribution in [0.4, 0.5) is 0 Å². The molecular formula is C24H37NO4S. The van der Waals surface area contributed by atoms with E-state index in [1.54, 1.807) is 11.8 Å². The van der Waals surface area contributed by atoms with Crippen molar-refractivity contribution < 1.29 is 19.8 Å². The van der Waals surface area contributed by atoms with Crippen molar-refractivity contribution in [1.29, 1.82) is 0 Å². The van der Waals surface area contributed by atoms with Gasteiger partial charge in [0.15, 0.2) is 0 Å². The van der Waals surface area contributed by atoms with Gasteiger partial charge in [-0.05, 0) is 46.8 Å². The fourth-order valence-electron chi connectivity index (χ4n) is 3.81. The maximum absolute atomic E-state index is 13.0. The van der Waals surface area contributed by atoms with Gasteiger partial charge >= 0.3 is 5.97 Å². The van der Waals surface area contributed by atoms with Crippen LogP contribution >= 0.6 is 11.8 Å². The molecule has 2 rings (SSSR count). The van der Waals surface area contributed by atoms with Crippen molar-refractivity contribution in [3.8, 4) is 5.75 Å². The predicted octanol–water partition coefficient (Wildman–Crippen LogP) is 4.73. The van der Waals surface area contributed by atoms with Gasteiger partial charge in [0.25, 0.3) is 0 Å². The number of unbranched alkanes of at least 4 members (excludes halogenated alkanes) is 1. The summed E-state index contributed by atoms with van der Waals surface area (Å²) < 4.78 is 0. The van der Waals surface area contributed by atoms with Gasteiger partial charge < -0.3 is 15.1 Å². The smallest absolute Gasteiger partial charge is 0.303 e. The molecular weight excluding hydrogens is 398 g/mol. The summed E-state index contributed by atoms with van der Waals surface area (Å²) in [6.07, 6.45) is 2.11. The monoisotopic (exact) mass is 435 g/mol. The number of nitrogens with zero attached hydrogens (tertiary/aromatic N) is 1. The van der Waals surface area contributed by atoms with Crippen LogP contribution in [0.1, 0.15) is 77.5 Å². The molecule has 0 bridgehead atoms. The molecule has 1 atom stereocenters. The highest BCUT2D eigenvalue weighted by Crippen LogP contribution is 2.40. The summed E-state index contributed by atoms with van der Waals surface area (Å²) in [5, 5.41) is 19.6. The van der Waals surface area contributed by atoms with Crippen molar-refractivity contribution >= 4 is 23.6 Å². The molecule has 1 saturated heterocycles. The summed E-state index contributed by atoms with van der Waals surface area (Å²) in [5.74, 6) is 0.613. The van der Waals surface area contributed by atoms with E-state index >= 15 is 0 Å². The van der Waals surface area contributed by atoms with Crippen molar-refractivity contribution in [3.63, 3.8) is 0 Å². The predicted molar refractivity (Wildman–Crippen MR) is 124 cm³/mol. The van der Waals surface area contributed by atoms with Gasteiger partial charge in [-0.25, -0.2) is 0 Å². The second-order valence-electron chi connectivity index (χ2n) is 10.3. The number of hydrogen-bond donors (Lipinski definition) is 2. The van der Waals surface area contributed by atoms with Gasteiger partial charge in [0.2, 0.25) is 5.91 Å². The Morgan fingerprint density at radius 2 is 1.67 bits per heavy atom. The van der Waals surface area contributed by atoms with Crippen molar-refractivity contribution in [3.05, 3.63) is 28.8 Å². The highest BCUT2D eigenvalue weighted by Gasteiger charge is 2.31. The Morgan fingerprint density at radius 3 is 2.17 bits per heavy atom. The number of phenolic OH excluding ortho intramolecular Hbond substituents is 1. The van der Waals surface area contributed by atoms with Gasteiger partial charge in [0.1, 0.15) is 5.75 Å². The Kier molecular flexibility index (Phi) is 7.89. The third kappa shape index (κ3) is 6.40. The van der Waals surface area contributed by atoms with Gasteiger partial charge in [-0.3, -0.25) is 9.59 Å². The van der Waals surface area contributed by atoms with Crippen LogP contribution in [0, 0.1) is 0 Å². The van der Waals surface area contributed by atoms with Crippen LogP contribution in [0.5, 0.6) is 5.75 Å². The second-order valence-corrected chi connectivity index (χ2v) is 11.6. The Bertz CT molecular complexity index is 741. The molecule has 1 aliphatic heterocycles. The van der Waals surface area contributed by atoms with E-state index in [2.05, 4.69) is 53.7 Å². The van der Waals surface area contributed by atoms with Crippen molar-refractivity contribution in [1.82, 2.24) is 4.90 Å². The molecule has 1 fully saturated rings. The topological polar surface area (TPSA) is 77.8 Å². The van der Waals surface area contributed by atoms with Crippen LogP contribution in [0.25, 0.3) is 0 Å². The third-order valence-electron chi connectivity index (χ3n) is 5.54. The molecule has 1 amide bonds. The van der Waals surface area contributed by atoms with Gasteiger partial charge in [0.05, 0.1) is 5.25 Å². The first-order chi connectivity index (χ1) is 13.8. The zero-order chi connectivity index (χ0) is 22.7. The number of hydrogen-bond acceptors (Lipinski definition) is 4. The molecule has 1 heterocycles. The zero-order valence-corrected chi connectivity index (χ0v) is 20.1. The number of carbonyl (C=O) groups is 2. The highest BCUT2D eigenvalue weighted by molar-refractivity contribution is 8.00. The van der Waals surface area contributed by atoms with E-state index in [1.165, 1.54) is 0 Å². The summed E-state index contributed by atoms with van der Waals surface area (Å²) in [5.41, 5.74) is 2.54. The number of aliphatic carboxylic acids is 1. The third-order valence-corrected chi connectivity index (χ3v) is 6.73. The number of amides is 1. The number of phenols is 1. The van der Waals surface area contributed by atoms with Gasteiger partial charge in [0, 0.05) is 25.3 Å². The molecule has 168 valence electrons. The molecule has 1 aromatic rings. The van der Waals surface area contributed by atoms with Crippen LogP contribution in [0.3, 0.4) is 0 Å². The number of aromatic hydroxyl groups is 1. The summed E-state index contributed by atoms with van der Waals surface area (Å²) in [4.78, 5) is 25.6. The summed E-state index contributed by atoms with van der Waals surface area (Å²) in [6, 6.07) is 4.12. The minimum absolute atomic E-state index is 0.136. The van der Waals surface area contributed by atoms with Gasteiger partial charge in [-0.15, -0.1) is 11.8 Å². The molecule has 1 unspecified atom stereocenters. The Labute approximate surface area is 185 Å². The first kappa shape index (κ1) is 24.6. The van der Waals surface area contributed by atoms with E-state index in [1.807, 2.05) is 4.90 Å². The number of thioether (sulfide) groups is 1. The van der Waals surface area contributed by atoms with Crippen LogP contribution in [0.2, 0.25) is 0 Å². The molecule has 6 heteroatoms. The minimum atomic E-state index is -0.787. The number of rotatable bonds is 7. The first-order valence-corrected chi connectivity index (χ1v) is 11.8. The number of carbonyl (C=O) groups excluding carboxylic acids is 1. The van der Waals surface area contributed by atoms with Crippen LogP contribution in [0.15, 0.2) is 12.1 Å². The van der Waals surface area contributed by atoms with Crippen LogP contribution < -0.4 is 0 Å². The molecule has 1 aromatic carbocycles. The normalized spacial score (nSPS) is 18.0. The fraction of sp³-hybridized carbons (Fsp3) is 0.667. The lowest BCUT2D eigenvalue weighted by atomic mass is 9.78. The molecule has 30 heavy (non-hydrogen) atoms. The lowest BCUT2D eigenvalue weighted by Crippen LogP contribution is -2.44. The zero-order valence-electron chi connectivity index (χ0n) is 19.2. The first-order valence-electron chi connectivity index (χ1n) is 10.8. The van der Waals surface area contributed by atoms with Crippen molar-refractivity contribution in [2.45, 2.75) is 83.3 Å². The van der Waals surface area contributed by atoms with E-state index in [0.29, 0.717) is 25.1 Å². The minimum Gasteiger partial charge on any atom is -0.507 e. The van der Waals surface area contributed by atoms with E-state index in [0.717, 1.165) is 35.4 Å². The molecule has 0 saturated carbocycles. The van der Waals surface area contributed by atoms with Crippen LogP contribution in [-0.4, -0.2) is 51.1 Å². The molecule has 0 radical (unpaired) electrons. The average Bonchev–Trinajstić information content (AvgIpc) is 2.60. The quantitative estimate of drug-likeness (QED) is 0.606. The molecule has 0 aliphatic carbocycles. The molecule has 0 aromatic heterocycles. The van der Waals surface area contributed by atoms with E-state index in [9.17, 15) is 14.7 Å². The van der Waals surface area contributed by atoms with Crippen LogP contribution in [-0.2, 0) is 26.8 Å². The number of benzene rings is 1. The SMILES string of the molecule is CC(C)(C)c1cc(CC2SCCN(CCCCC(=O)O)C2=O)cc(C(C)(C)C)c1O. The highest BCUT2D eigenvalue weighted by atomic mass is 32.2.